The Balaban J connectivity index is 1.11. The summed E-state index contributed by atoms with van der Waals surface area (Å²) >= 11 is 1.80. The van der Waals surface area contributed by atoms with Gasteiger partial charge in [-0.05, 0) is 59.2 Å². The molecule has 294 valence electrons. The van der Waals surface area contributed by atoms with Crippen molar-refractivity contribution in [2.45, 2.75) is 0 Å². The van der Waals surface area contributed by atoms with Gasteiger partial charge in [0.1, 0.15) is 0 Å². The van der Waals surface area contributed by atoms with Crippen molar-refractivity contribution in [1.82, 2.24) is 24.1 Å². The van der Waals surface area contributed by atoms with Crippen molar-refractivity contribution in [1.29, 1.82) is 0 Å². The van der Waals surface area contributed by atoms with Gasteiger partial charge in [-0.1, -0.05) is 170 Å². The third-order valence-electron chi connectivity index (χ3n) is 12.4. The first-order valence-corrected chi connectivity index (χ1v) is 22.0. The van der Waals surface area contributed by atoms with Crippen LogP contribution in [0.15, 0.2) is 212 Å². The maximum Gasteiger partial charge on any atom is 0.238 e. The van der Waals surface area contributed by atoms with Crippen LogP contribution in [0.3, 0.4) is 0 Å². The normalized spacial score (nSPS) is 11.8. The van der Waals surface area contributed by atoms with Crippen LogP contribution in [0.5, 0.6) is 0 Å². The van der Waals surface area contributed by atoms with E-state index in [1.54, 1.807) is 11.3 Å². The summed E-state index contributed by atoms with van der Waals surface area (Å²) in [6.45, 7) is 0. The van der Waals surface area contributed by atoms with E-state index in [0.717, 1.165) is 60.4 Å². The van der Waals surface area contributed by atoms with Crippen LogP contribution < -0.4 is 0 Å². The van der Waals surface area contributed by atoms with E-state index >= 15 is 0 Å². The average Bonchev–Trinajstić information content (AvgIpc) is 4.01. The van der Waals surface area contributed by atoms with Gasteiger partial charge in [0, 0.05) is 58.4 Å². The highest BCUT2D eigenvalue weighted by Gasteiger charge is 2.23. The van der Waals surface area contributed by atoms with Crippen LogP contribution >= 0.6 is 11.3 Å². The lowest BCUT2D eigenvalue weighted by atomic mass is 9.98. The van der Waals surface area contributed by atoms with Gasteiger partial charge in [-0.15, -0.1) is 11.3 Å². The Hall–Kier alpha value is -8.19. The minimum atomic E-state index is 0.576. The topological polar surface area (TPSA) is 48.5 Å². The number of benzene rings is 9. The summed E-state index contributed by atoms with van der Waals surface area (Å²) in [7, 11) is 0. The van der Waals surface area contributed by atoms with Crippen LogP contribution in [0.25, 0.3) is 120 Å². The number of aromatic nitrogens is 5. The maximum atomic E-state index is 5.43. The zero-order valence-corrected chi connectivity index (χ0v) is 34.7. The molecule has 0 aliphatic carbocycles. The lowest BCUT2D eigenvalue weighted by molar-refractivity contribution is 0.955. The second kappa shape index (κ2) is 14.2. The number of para-hydroxylation sites is 2. The number of rotatable bonds is 6. The predicted octanol–water partition coefficient (Wildman–Crippen LogP) is 15.1. The van der Waals surface area contributed by atoms with E-state index < -0.39 is 0 Å². The van der Waals surface area contributed by atoms with Crippen molar-refractivity contribution in [3.05, 3.63) is 212 Å². The fraction of sp³-hybridized carbons (Fsp3) is 0. The third-order valence-corrected chi connectivity index (χ3v) is 13.5. The molecule has 0 spiro atoms. The molecule has 6 heteroatoms. The first kappa shape index (κ1) is 35.6. The van der Waals surface area contributed by atoms with Crippen LogP contribution in [-0.2, 0) is 0 Å². The van der Waals surface area contributed by atoms with Gasteiger partial charge in [0.15, 0.2) is 11.6 Å². The van der Waals surface area contributed by atoms with Crippen molar-refractivity contribution in [2.24, 2.45) is 0 Å². The van der Waals surface area contributed by atoms with Gasteiger partial charge in [0.2, 0.25) is 5.95 Å². The van der Waals surface area contributed by atoms with Gasteiger partial charge in [0.25, 0.3) is 0 Å². The highest BCUT2D eigenvalue weighted by molar-refractivity contribution is 7.25. The SMILES string of the molecule is c1ccc(-c2ccc(-c3ccccc3)c(-n3c4ccccc4c4cc5c(cc43)c3ccccc3n5-c3nc(-c4ccccc4)nc(-c4cccc5sc6ccccc6c45)n3)c2)cc1. The van der Waals surface area contributed by atoms with E-state index in [1.807, 2.05) is 18.2 Å². The van der Waals surface area contributed by atoms with Crippen LogP contribution in [0.2, 0.25) is 0 Å². The Morgan fingerprint density at radius 3 is 1.59 bits per heavy atom. The van der Waals surface area contributed by atoms with Crippen LogP contribution in [0.4, 0.5) is 0 Å². The molecule has 9 aromatic carbocycles. The molecular weight excluding hydrogens is 787 g/mol. The summed E-state index contributed by atoms with van der Waals surface area (Å²) in [5, 5.41) is 6.94. The monoisotopic (exact) mass is 821 g/mol. The van der Waals surface area contributed by atoms with Crippen molar-refractivity contribution in [2.75, 3.05) is 0 Å². The quantitative estimate of drug-likeness (QED) is 0.168. The Labute approximate surface area is 366 Å². The molecule has 0 aliphatic heterocycles. The summed E-state index contributed by atoms with van der Waals surface area (Å²) in [5.41, 5.74) is 12.1. The number of hydrogen-bond donors (Lipinski definition) is 0. The molecule has 4 heterocycles. The van der Waals surface area contributed by atoms with Crippen LogP contribution in [0.1, 0.15) is 0 Å². The third kappa shape index (κ3) is 5.66. The summed E-state index contributed by atoms with van der Waals surface area (Å²) < 4.78 is 7.15. The maximum absolute atomic E-state index is 5.43. The molecule has 0 N–H and O–H groups in total. The Morgan fingerprint density at radius 2 is 0.873 bits per heavy atom. The number of thiophene rings is 1. The second-order valence-electron chi connectivity index (χ2n) is 16.0. The molecule has 0 amide bonds. The van der Waals surface area contributed by atoms with E-state index in [2.05, 4.69) is 203 Å². The van der Waals surface area contributed by atoms with E-state index in [0.29, 0.717) is 17.6 Å². The van der Waals surface area contributed by atoms with Gasteiger partial charge in [-0.3, -0.25) is 4.57 Å². The zero-order chi connectivity index (χ0) is 41.4. The highest BCUT2D eigenvalue weighted by atomic mass is 32.1. The van der Waals surface area contributed by atoms with E-state index in [9.17, 15) is 0 Å². The first-order valence-electron chi connectivity index (χ1n) is 21.2. The first-order chi connectivity index (χ1) is 31.2. The van der Waals surface area contributed by atoms with Crippen LogP contribution in [-0.4, -0.2) is 24.1 Å². The summed E-state index contributed by atoms with van der Waals surface area (Å²) in [5.74, 6) is 1.84. The standard InChI is InChI=1S/C57H35N5S/c1-4-17-36(18-5-1)39-31-32-40(37-19-6-2-7-20-37)49(33-39)61-47-27-13-10-23-41(47)45-35-51-46(34-50(45)61)42-24-11-14-28-48(42)62(51)57-59-55(38-21-8-3-9-22-38)58-56(60-57)44-26-16-30-53-54(44)43-25-12-15-29-52(43)63-53/h1-35H. The number of hydrogen-bond acceptors (Lipinski definition) is 4. The fourth-order valence-corrected chi connectivity index (χ4v) is 10.7. The Kier molecular flexibility index (Phi) is 8.01. The molecule has 5 nitrogen and oxygen atoms in total. The molecule has 63 heavy (non-hydrogen) atoms. The Bertz CT molecular complexity index is 3900. The Morgan fingerprint density at radius 1 is 0.317 bits per heavy atom. The molecule has 13 aromatic rings. The summed E-state index contributed by atoms with van der Waals surface area (Å²) in [6, 6.07) is 75.7. The molecule has 0 aliphatic rings. The molecule has 0 saturated heterocycles. The van der Waals surface area contributed by atoms with Gasteiger partial charge < -0.3 is 4.57 Å². The molecule has 0 atom stereocenters. The van der Waals surface area contributed by atoms with Crippen LogP contribution in [0, 0.1) is 0 Å². The largest absolute Gasteiger partial charge is 0.309 e. The lowest BCUT2D eigenvalue weighted by Crippen LogP contribution is -2.06. The fourth-order valence-electron chi connectivity index (χ4n) is 9.56. The van der Waals surface area contributed by atoms with E-state index in [4.69, 9.17) is 15.0 Å². The summed E-state index contributed by atoms with van der Waals surface area (Å²) in [6.07, 6.45) is 0. The molecule has 0 radical (unpaired) electrons. The molecule has 13 rings (SSSR count). The molecule has 4 aromatic heterocycles. The minimum absolute atomic E-state index is 0.576. The second-order valence-corrected chi connectivity index (χ2v) is 17.1. The van der Waals surface area contributed by atoms with Gasteiger partial charge in [0.05, 0.1) is 27.8 Å². The average molecular weight is 822 g/mol. The van der Waals surface area contributed by atoms with Gasteiger partial charge in [-0.25, -0.2) is 4.98 Å². The minimum Gasteiger partial charge on any atom is -0.309 e. The van der Waals surface area contributed by atoms with Crippen molar-refractivity contribution < 1.29 is 0 Å². The van der Waals surface area contributed by atoms with Crippen molar-refractivity contribution in [3.63, 3.8) is 0 Å². The molecule has 0 fully saturated rings. The van der Waals surface area contributed by atoms with Gasteiger partial charge >= 0.3 is 0 Å². The molecular formula is C57H35N5S. The summed E-state index contributed by atoms with van der Waals surface area (Å²) in [4.78, 5) is 16.0. The molecule has 0 unspecified atom stereocenters. The van der Waals surface area contributed by atoms with Crippen molar-refractivity contribution >= 4 is 75.1 Å². The van der Waals surface area contributed by atoms with E-state index in [-0.39, 0.29) is 0 Å². The molecule has 0 bridgehead atoms. The number of nitrogens with zero attached hydrogens (tertiary/aromatic N) is 5. The van der Waals surface area contributed by atoms with Crippen molar-refractivity contribution in [3.8, 4) is 56.7 Å². The number of fused-ring (bicyclic) bond motifs is 9. The van der Waals surface area contributed by atoms with Gasteiger partial charge in [-0.2, -0.15) is 9.97 Å². The smallest absolute Gasteiger partial charge is 0.238 e. The zero-order valence-electron chi connectivity index (χ0n) is 33.9. The van der Waals surface area contributed by atoms with E-state index in [1.165, 1.54) is 42.4 Å². The predicted molar refractivity (Wildman–Crippen MR) is 263 cm³/mol. The highest BCUT2D eigenvalue weighted by Crippen LogP contribution is 2.43. The molecule has 0 saturated carbocycles. The lowest BCUT2D eigenvalue weighted by Gasteiger charge is -2.16.